The molecule has 1 atom stereocenters. The van der Waals surface area contributed by atoms with Crippen LogP contribution in [-0.4, -0.2) is 30.5 Å². The van der Waals surface area contributed by atoms with Gasteiger partial charge in [0.15, 0.2) is 0 Å². The van der Waals surface area contributed by atoms with Crippen LogP contribution in [0.3, 0.4) is 0 Å². The van der Waals surface area contributed by atoms with Gasteiger partial charge in [-0.25, -0.2) is 14.1 Å². The molecule has 3 aromatic rings. The monoisotopic (exact) mass is 396 g/mol. The summed E-state index contributed by atoms with van der Waals surface area (Å²) in [4.78, 5) is 16.5. The van der Waals surface area contributed by atoms with Crippen LogP contribution in [0, 0.1) is 5.82 Å². The number of nitrogens with zero attached hydrogens (tertiary/aromatic N) is 5. The standard InChI is InChI=1S/C16H15Cl2FN6O/c1-2-14(25-7-10(17)6-21-25)15(26)22-16-20-9-24(23-16)8-11-12(18)4-3-5-13(11)19/h3-7,9,14H,2,8H2,1H3,(H,22,23,26). The van der Waals surface area contributed by atoms with E-state index in [1.165, 1.54) is 34.0 Å². The Balaban J connectivity index is 1.71. The summed E-state index contributed by atoms with van der Waals surface area (Å²) in [5.74, 6) is -0.645. The highest BCUT2D eigenvalue weighted by atomic mass is 35.5. The largest absolute Gasteiger partial charge is 0.291 e. The second-order valence-electron chi connectivity index (χ2n) is 5.52. The molecule has 10 heteroatoms. The molecule has 136 valence electrons. The van der Waals surface area contributed by atoms with Crippen molar-refractivity contribution in [3.8, 4) is 0 Å². The molecule has 0 bridgehead atoms. The van der Waals surface area contributed by atoms with Crippen molar-refractivity contribution in [2.45, 2.75) is 25.9 Å². The lowest BCUT2D eigenvalue weighted by atomic mass is 10.2. The predicted molar refractivity (Wildman–Crippen MR) is 95.7 cm³/mol. The van der Waals surface area contributed by atoms with Gasteiger partial charge in [-0.05, 0) is 18.6 Å². The van der Waals surface area contributed by atoms with Gasteiger partial charge in [0, 0.05) is 16.8 Å². The topological polar surface area (TPSA) is 77.6 Å². The Hall–Kier alpha value is -2.45. The molecular formula is C16H15Cl2FN6O. The minimum atomic E-state index is -0.546. The van der Waals surface area contributed by atoms with Crippen LogP contribution in [0.2, 0.25) is 10.0 Å². The van der Waals surface area contributed by atoms with E-state index < -0.39 is 11.9 Å². The maximum atomic E-state index is 13.9. The zero-order chi connectivity index (χ0) is 18.7. The van der Waals surface area contributed by atoms with Crippen LogP contribution >= 0.6 is 23.2 Å². The Bertz CT molecular complexity index is 905. The number of hydrogen-bond donors (Lipinski definition) is 1. The summed E-state index contributed by atoms with van der Waals surface area (Å²) < 4.78 is 16.7. The zero-order valence-corrected chi connectivity index (χ0v) is 15.2. The lowest BCUT2D eigenvalue weighted by molar-refractivity contribution is -0.119. The molecule has 1 aromatic carbocycles. The first-order valence-corrected chi connectivity index (χ1v) is 8.56. The van der Waals surface area contributed by atoms with Crippen molar-refractivity contribution < 1.29 is 9.18 Å². The molecule has 7 nitrogen and oxygen atoms in total. The van der Waals surface area contributed by atoms with Crippen molar-refractivity contribution in [2.75, 3.05) is 5.32 Å². The van der Waals surface area contributed by atoms with Gasteiger partial charge in [0.25, 0.3) is 5.91 Å². The number of benzene rings is 1. The van der Waals surface area contributed by atoms with E-state index >= 15 is 0 Å². The highest BCUT2D eigenvalue weighted by Gasteiger charge is 2.21. The minimum Gasteiger partial charge on any atom is -0.291 e. The van der Waals surface area contributed by atoms with Crippen LogP contribution in [-0.2, 0) is 11.3 Å². The van der Waals surface area contributed by atoms with Gasteiger partial charge in [-0.3, -0.25) is 14.8 Å². The van der Waals surface area contributed by atoms with Gasteiger partial charge in [-0.2, -0.15) is 5.10 Å². The molecule has 0 saturated heterocycles. The summed E-state index contributed by atoms with van der Waals surface area (Å²) in [6, 6.07) is 3.90. The van der Waals surface area contributed by atoms with Gasteiger partial charge in [-0.1, -0.05) is 36.2 Å². The summed E-state index contributed by atoms with van der Waals surface area (Å²) in [6.45, 7) is 1.95. The van der Waals surface area contributed by atoms with Gasteiger partial charge >= 0.3 is 0 Å². The van der Waals surface area contributed by atoms with E-state index in [-0.39, 0.29) is 18.4 Å². The summed E-state index contributed by atoms with van der Waals surface area (Å²) in [7, 11) is 0. The maximum Gasteiger partial charge on any atom is 0.251 e. The Labute approximate surface area is 158 Å². The molecule has 1 amide bonds. The highest BCUT2D eigenvalue weighted by Crippen LogP contribution is 2.20. The van der Waals surface area contributed by atoms with E-state index in [9.17, 15) is 9.18 Å². The molecule has 2 heterocycles. The average Bonchev–Trinajstić information content (AvgIpc) is 3.21. The van der Waals surface area contributed by atoms with Crippen molar-refractivity contribution >= 4 is 35.1 Å². The molecule has 0 aliphatic rings. The second-order valence-corrected chi connectivity index (χ2v) is 6.36. The van der Waals surface area contributed by atoms with Gasteiger partial charge in [-0.15, -0.1) is 5.10 Å². The predicted octanol–water partition coefficient (Wildman–Crippen LogP) is 3.56. The summed E-state index contributed by atoms with van der Waals surface area (Å²) >= 11 is 11.9. The average molecular weight is 397 g/mol. The maximum absolute atomic E-state index is 13.9. The molecule has 2 aromatic heterocycles. The number of amides is 1. The number of rotatable bonds is 6. The van der Waals surface area contributed by atoms with Crippen LogP contribution in [0.15, 0.2) is 36.9 Å². The second kappa shape index (κ2) is 7.84. The first-order chi connectivity index (χ1) is 12.5. The Morgan fingerprint density at radius 3 is 2.85 bits per heavy atom. The number of anilines is 1. The molecule has 0 fully saturated rings. The molecule has 1 unspecified atom stereocenters. The SMILES string of the molecule is CCC(C(=O)Nc1ncn(Cc2c(F)cccc2Cl)n1)n1cc(Cl)cn1. The molecule has 26 heavy (non-hydrogen) atoms. The lowest BCUT2D eigenvalue weighted by Crippen LogP contribution is -2.26. The number of halogens is 3. The normalized spacial score (nSPS) is 12.2. The van der Waals surface area contributed by atoms with Gasteiger partial charge in [0.1, 0.15) is 18.2 Å². The molecule has 1 N–H and O–H groups in total. The number of aromatic nitrogens is 5. The van der Waals surface area contributed by atoms with Crippen LogP contribution < -0.4 is 5.32 Å². The van der Waals surface area contributed by atoms with E-state index in [2.05, 4.69) is 20.5 Å². The van der Waals surface area contributed by atoms with Crippen LogP contribution in [0.25, 0.3) is 0 Å². The number of nitrogens with one attached hydrogen (secondary N) is 1. The van der Waals surface area contributed by atoms with E-state index in [1.807, 2.05) is 6.92 Å². The van der Waals surface area contributed by atoms with Crippen LogP contribution in [0.5, 0.6) is 0 Å². The van der Waals surface area contributed by atoms with Crippen LogP contribution in [0.4, 0.5) is 10.3 Å². The molecule has 0 aliphatic carbocycles. The Morgan fingerprint density at radius 2 is 2.19 bits per heavy atom. The Morgan fingerprint density at radius 1 is 1.38 bits per heavy atom. The minimum absolute atomic E-state index is 0.0976. The summed E-state index contributed by atoms with van der Waals surface area (Å²) in [5.41, 5.74) is 0.301. The summed E-state index contributed by atoms with van der Waals surface area (Å²) in [5, 5.41) is 11.6. The molecule has 0 saturated carbocycles. The van der Waals surface area contributed by atoms with E-state index in [1.54, 1.807) is 12.3 Å². The van der Waals surface area contributed by atoms with Gasteiger partial charge < -0.3 is 0 Å². The molecule has 3 rings (SSSR count). The van der Waals surface area contributed by atoms with Gasteiger partial charge in [0.2, 0.25) is 5.95 Å². The van der Waals surface area contributed by atoms with Crippen molar-refractivity contribution in [1.82, 2.24) is 24.5 Å². The lowest BCUT2D eigenvalue weighted by Gasteiger charge is -2.13. The first kappa shape index (κ1) is 18.3. The van der Waals surface area contributed by atoms with Gasteiger partial charge in [0.05, 0.1) is 17.8 Å². The van der Waals surface area contributed by atoms with Crippen molar-refractivity contribution in [3.63, 3.8) is 0 Å². The smallest absolute Gasteiger partial charge is 0.251 e. The number of carbonyl (C=O) groups is 1. The zero-order valence-electron chi connectivity index (χ0n) is 13.7. The molecule has 0 aliphatic heterocycles. The first-order valence-electron chi connectivity index (χ1n) is 7.80. The fourth-order valence-corrected chi connectivity index (χ4v) is 2.81. The Kier molecular flexibility index (Phi) is 5.53. The highest BCUT2D eigenvalue weighted by molar-refractivity contribution is 6.31. The molecular weight excluding hydrogens is 382 g/mol. The quantitative estimate of drug-likeness (QED) is 0.690. The fraction of sp³-hybridized carbons (Fsp3) is 0.250. The van der Waals surface area contributed by atoms with E-state index in [4.69, 9.17) is 23.2 Å². The fourth-order valence-electron chi connectivity index (χ4n) is 2.44. The van der Waals surface area contributed by atoms with Crippen molar-refractivity contribution in [1.29, 1.82) is 0 Å². The molecule has 0 radical (unpaired) electrons. The third-order valence-electron chi connectivity index (χ3n) is 3.73. The third-order valence-corrected chi connectivity index (χ3v) is 4.28. The van der Waals surface area contributed by atoms with E-state index in [0.29, 0.717) is 22.0 Å². The molecule has 0 spiro atoms. The van der Waals surface area contributed by atoms with Crippen molar-refractivity contribution in [2.24, 2.45) is 0 Å². The van der Waals surface area contributed by atoms with Crippen molar-refractivity contribution in [3.05, 3.63) is 58.3 Å². The van der Waals surface area contributed by atoms with Crippen LogP contribution in [0.1, 0.15) is 24.9 Å². The number of hydrogen-bond acceptors (Lipinski definition) is 4. The third kappa shape index (κ3) is 4.03. The summed E-state index contributed by atoms with van der Waals surface area (Å²) in [6.07, 6.45) is 4.93. The number of carbonyl (C=O) groups excluding carboxylic acids is 1. The van der Waals surface area contributed by atoms with E-state index in [0.717, 1.165) is 0 Å².